The molecule has 0 saturated heterocycles. The number of nitrogens with one attached hydrogen (secondary N) is 1. The van der Waals surface area contributed by atoms with Crippen LogP contribution in [0.3, 0.4) is 0 Å². The average Bonchev–Trinajstić information content (AvgIpc) is 2.52. The molecular formula is C17H16ClNO2. The second kappa shape index (κ2) is 7.50. The molecule has 0 unspecified atom stereocenters. The van der Waals surface area contributed by atoms with Crippen molar-refractivity contribution in [2.75, 3.05) is 7.11 Å². The number of amides is 1. The molecule has 0 aromatic heterocycles. The first-order valence-corrected chi connectivity index (χ1v) is 6.90. The van der Waals surface area contributed by atoms with Crippen LogP contribution in [0, 0.1) is 0 Å². The fourth-order valence-corrected chi connectivity index (χ4v) is 2.00. The van der Waals surface area contributed by atoms with E-state index in [1.54, 1.807) is 19.3 Å². The highest BCUT2D eigenvalue weighted by molar-refractivity contribution is 6.31. The van der Waals surface area contributed by atoms with Gasteiger partial charge in [-0.3, -0.25) is 4.79 Å². The number of hydrogen-bond acceptors (Lipinski definition) is 2. The fraction of sp³-hybridized carbons (Fsp3) is 0.118. The first-order valence-electron chi connectivity index (χ1n) is 6.52. The van der Waals surface area contributed by atoms with Gasteiger partial charge in [-0.25, -0.2) is 0 Å². The van der Waals surface area contributed by atoms with Crippen LogP contribution < -0.4 is 10.1 Å². The minimum absolute atomic E-state index is 0.169. The number of methoxy groups -OCH3 is 1. The lowest BCUT2D eigenvalue weighted by Crippen LogP contribution is -2.20. The summed E-state index contributed by atoms with van der Waals surface area (Å²) in [5, 5.41) is 3.44. The van der Waals surface area contributed by atoms with Crippen LogP contribution in [0.5, 0.6) is 5.75 Å². The molecule has 0 heterocycles. The monoisotopic (exact) mass is 301 g/mol. The Morgan fingerprint density at radius 3 is 2.81 bits per heavy atom. The van der Waals surface area contributed by atoms with Crippen molar-refractivity contribution in [2.45, 2.75) is 6.54 Å². The van der Waals surface area contributed by atoms with Crippen LogP contribution in [-0.4, -0.2) is 13.0 Å². The highest BCUT2D eigenvalue weighted by atomic mass is 35.5. The molecule has 0 saturated carbocycles. The van der Waals surface area contributed by atoms with Crippen molar-refractivity contribution in [3.05, 3.63) is 70.8 Å². The SMILES string of the molecule is COc1cccc(C=CC(=O)NCc2ccccc2Cl)c1. The molecule has 2 rings (SSSR count). The van der Waals surface area contributed by atoms with Gasteiger partial charge in [0.25, 0.3) is 0 Å². The normalized spacial score (nSPS) is 10.6. The van der Waals surface area contributed by atoms with E-state index in [0.717, 1.165) is 16.9 Å². The molecule has 0 radical (unpaired) electrons. The zero-order valence-electron chi connectivity index (χ0n) is 11.7. The maximum atomic E-state index is 11.8. The van der Waals surface area contributed by atoms with Crippen molar-refractivity contribution in [2.24, 2.45) is 0 Å². The first kappa shape index (κ1) is 15.1. The molecule has 0 atom stereocenters. The quantitative estimate of drug-likeness (QED) is 0.856. The summed E-state index contributed by atoms with van der Waals surface area (Å²) in [5.41, 5.74) is 1.80. The molecule has 4 heteroatoms. The standard InChI is InChI=1S/C17H16ClNO2/c1-21-15-7-4-5-13(11-15)9-10-17(20)19-12-14-6-2-3-8-16(14)18/h2-11H,12H2,1H3,(H,19,20). The Morgan fingerprint density at radius 1 is 1.24 bits per heavy atom. The molecule has 1 N–H and O–H groups in total. The van der Waals surface area contributed by atoms with Gasteiger partial charge in [0.05, 0.1) is 7.11 Å². The molecule has 0 aliphatic rings. The number of benzene rings is 2. The van der Waals surface area contributed by atoms with Gasteiger partial charge in [-0.1, -0.05) is 41.9 Å². The molecule has 3 nitrogen and oxygen atoms in total. The molecule has 0 aliphatic heterocycles. The minimum Gasteiger partial charge on any atom is -0.497 e. The molecule has 2 aromatic carbocycles. The molecule has 1 amide bonds. The van der Waals surface area contributed by atoms with Crippen molar-refractivity contribution in [1.29, 1.82) is 0 Å². The summed E-state index contributed by atoms with van der Waals surface area (Å²) >= 11 is 6.03. The van der Waals surface area contributed by atoms with Gasteiger partial charge in [-0.2, -0.15) is 0 Å². The minimum atomic E-state index is -0.169. The smallest absolute Gasteiger partial charge is 0.244 e. The maximum Gasteiger partial charge on any atom is 0.244 e. The van der Waals surface area contributed by atoms with E-state index in [4.69, 9.17) is 16.3 Å². The maximum absolute atomic E-state index is 11.8. The van der Waals surface area contributed by atoms with Gasteiger partial charge < -0.3 is 10.1 Å². The number of halogens is 1. The predicted molar refractivity (Wildman–Crippen MR) is 85.3 cm³/mol. The lowest BCUT2D eigenvalue weighted by molar-refractivity contribution is -0.116. The Kier molecular flexibility index (Phi) is 5.41. The zero-order chi connectivity index (χ0) is 15.1. The van der Waals surface area contributed by atoms with E-state index < -0.39 is 0 Å². The molecule has 108 valence electrons. The summed E-state index contributed by atoms with van der Waals surface area (Å²) in [5.74, 6) is 0.589. The number of rotatable bonds is 5. The topological polar surface area (TPSA) is 38.3 Å². The van der Waals surface area contributed by atoms with Crippen LogP contribution in [0.25, 0.3) is 6.08 Å². The van der Waals surface area contributed by atoms with Gasteiger partial charge >= 0.3 is 0 Å². The van der Waals surface area contributed by atoms with Gasteiger partial charge in [0, 0.05) is 17.6 Å². The van der Waals surface area contributed by atoms with Crippen LogP contribution in [0.15, 0.2) is 54.6 Å². The number of carbonyl (C=O) groups is 1. The summed E-state index contributed by atoms with van der Waals surface area (Å²) in [4.78, 5) is 11.8. The lowest BCUT2D eigenvalue weighted by Gasteiger charge is -2.04. The third kappa shape index (κ3) is 4.65. The van der Waals surface area contributed by atoms with Crippen molar-refractivity contribution >= 4 is 23.6 Å². The zero-order valence-corrected chi connectivity index (χ0v) is 12.4. The van der Waals surface area contributed by atoms with Crippen LogP contribution in [0.1, 0.15) is 11.1 Å². The molecule has 2 aromatic rings. The van der Waals surface area contributed by atoms with Crippen molar-refractivity contribution in [3.63, 3.8) is 0 Å². The molecular weight excluding hydrogens is 286 g/mol. The van der Waals surface area contributed by atoms with Gasteiger partial charge in [0.1, 0.15) is 5.75 Å². The lowest BCUT2D eigenvalue weighted by atomic mass is 10.2. The van der Waals surface area contributed by atoms with Crippen LogP contribution in [0.2, 0.25) is 5.02 Å². The van der Waals surface area contributed by atoms with Gasteiger partial charge in [0.15, 0.2) is 0 Å². The third-order valence-electron chi connectivity index (χ3n) is 2.93. The summed E-state index contributed by atoms with van der Waals surface area (Å²) in [7, 11) is 1.61. The van der Waals surface area contributed by atoms with E-state index in [2.05, 4.69) is 5.32 Å². The highest BCUT2D eigenvalue weighted by Crippen LogP contribution is 2.15. The molecule has 0 bridgehead atoms. The highest BCUT2D eigenvalue weighted by Gasteiger charge is 2.00. The molecule has 0 fully saturated rings. The van der Waals surface area contributed by atoms with E-state index >= 15 is 0 Å². The van der Waals surface area contributed by atoms with Crippen LogP contribution in [-0.2, 0) is 11.3 Å². The van der Waals surface area contributed by atoms with Gasteiger partial charge in [-0.15, -0.1) is 0 Å². The number of ether oxygens (including phenoxy) is 1. The molecule has 21 heavy (non-hydrogen) atoms. The molecule has 0 spiro atoms. The van der Waals surface area contributed by atoms with E-state index in [-0.39, 0.29) is 5.91 Å². The summed E-state index contributed by atoms with van der Waals surface area (Å²) < 4.78 is 5.13. The Balaban J connectivity index is 1.92. The number of hydrogen-bond donors (Lipinski definition) is 1. The second-order valence-electron chi connectivity index (χ2n) is 4.42. The van der Waals surface area contributed by atoms with Crippen molar-refractivity contribution in [3.8, 4) is 5.75 Å². The Morgan fingerprint density at radius 2 is 2.05 bits per heavy atom. The van der Waals surface area contributed by atoms with E-state index in [1.807, 2.05) is 42.5 Å². The largest absolute Gasteiger partial charge is 0.497 e. The van der Waals surface area contributed by atoms with Crippen LogP contribution >= 0.6 is 11.6 Å². The average molecular weight is 302 g/mol. The van der Waals surface area contributed by atoms with E-state index in [0.29, 0.717) is 11.6 Å². The fourth-order valence-electron chi connectivity index (χ4n) is 1.80. The second-order valence-corrected chi connectivity index (χ2v) is 4.83. The van der Waals surface area contributed by atoms with Gasteiger partial charge in [-0.05, 0) is 35.4 Å². The number of carbonyl (C=O) groups excluding carboxylic acids is 1. The van der Waals surface area contributed by atoms with E-state index in [9.17, 15) is 4.79 Å². The summed E-state index contributed by atoms with van der Waals surface area (Å²) in [6.45, 7) is 0.404. The third-order valence-corrected chi connectivity index (χ3v) is 3.30. The first-order chi connectivity index (χ1) is 10.2. The van der Waals surface area contributed by atoms with E-state index in [1.165, 1.54) is 6.08 Å². The van der Waals surface area contributed by atoms with Crippen LogP contribution in [0.4, 0.5) is 0 Å². The summed E-state index contributed by atoms with van der Waals surface area (Å²) in [6.07, 6.45) is 3.23. The van der Waals surface area contributed by atoms with Crippen molar-refractivity contribution < 1.29 is 9.53 Å². The predicted octanol–water partition coefficient (Wildman–Crippen LogP) is 3.68. The summed E-state index contributed by atoms with van der Waals surface area (Å²) in [6, 6.07) is 14.9. The van der Waals surface area contributed by atoms with Gasteiger partial charge in [0.2, 0.25) is 5.91 Å². The Hall–Kier alpha value is -2.26. The Labute approximate surface area is 129 Å². The molecule has 0 aliphatic carbocycles. The Bertz CT molecular complexity index is 653. The van der Waals surface area contributed by atoms with Crippen molar-refractivity contribution in [1.82, 2.24) is 5.32 Å².